The van der Waals surface area contributed by atoms with Crippen LogP contribution in [0.3, 0.4) is 0 Å². The van der Waals surface area contributed by atoms with Crippen LogP contribution in [-0.2, 0) is 14.2 Å². The van der Waals surface area contributed by atoms with E-state index in [9.17, 15) is 0 Å². The van der Waals surface area contributed by atoms with E-state index < -0.39 is 0 Å². The smallest absolute Gasteiger partial charge is 0.0831 e. The molecule has 3 fully saturated rings. The first-order valence-corrected chi connectivity index (χ1v) is 8.36. The summed E-state index contributed by atoms with van der Waals surface area (Å²) >= 11 is 0. The van der Waals surface area contributed by atoms with Gasteiger partial charge in [-0.1, -0.05) is 0 Å². The molecule has 0 aromatic carbocycles. The van der Waals surface area contributed by atoms with Crippen molar-refractivity contribution in [1.29, 1.82) is 0 Å². The average molecular weight is 298 g/mol. The van der Waals surface area contributed by atoms with Crippen LogP contribution in [0.4, 0.5) is 0 Å². The Bertz CT molecular complexity index is 350. The Morgan fingerprint density at radius 2 is 1.95 bits per heavy atom. The van der Waals surface area contributed by atoms with E-state index >= 15 is 0 Å². The van der Waals surface area contributed by atoms with Gasteiger partial charge in [-0.05, 0) is 39.5 Å². The van der Waals surface area contributed by atoms with E-state index in [1.54, 1.807) is 0 Å². The van der Waals surface area contributed by atoms with Crippen LogP contribution >= 0.6 is 0 Å². The summed E-state index contributed by atoms with van der Waals surface area (Å²) < 4.78 is 17.7. The largest absolute Gasteiger partial charge is 0.381 e. The summed E-state index contributed by atoms with van der Waals surface area (Å²) in [5, 5.41) is 0. The van der Waals surface area contributed by atoms with Crippen LogP contribution < -0.4 is 5.73 Å². The van der Waals surface area contributed by atoms with E-state index in [-0.39, 0.29) is 17.3 Å². The van der Waals surface area contributed by atoms with Crippen molar-refractivity contribution >= 4 is 0 Å². The molecule has 21 heavy (non-hydrogen) atoms. The van der Waals surface area contributed by atoms with Crippen molar-refractivity contribution in [3.8, 4) is 0 Å². The molecule has 3 heterocycles. The molecular formula is C16H30N2O3. The van der Waals surface area contributed by atoms with E-state index in [0.29, 0.717) is 12.6 Å². The second-order valence-corrected chi connectivity index (χ2v) is 7.46. The third-order valence-electron chi connectivity index (χ3n) is 5.16. The van der Waals surface area contributed by atoms with Gasteiger partial charge < -0.3 is 19.9 Å². The van der Waals surface area contributed by atoms with Crippen molar-refractivity contribution in [2.45, 2.75) is 62.9 Å². The lowest BCUT2D eigenvalue weighted by Crippen LogP contribution is -2.60. The fourth-order valence-corrected chi connectivity index (χ4v) is 4.15. The van der Waals surface area contributed by atoms with Gasteiger partial charge in [0.15, 0.2) is 0 Å². The Balaban J connectivity index is 1.67. The van der Waals surface area contributed by atoms with Crippen LogP contribution in [0.25, 0.3) is 0 Å². The Morgan fingerprint density at radius 3 is 2.67 bits per heavy atom. The predicted molar refractivity (Wildman–Crippen MR) is 81.3 cm³/mol. The van der Waals surface area contributed by atoms with E-state index in [1.165, 1.54) is 0 Å². The predicted octanol–water partition coefficient (Wildman–Crippen LogP) is 1.15. The van der Waals surface area contributed by atoms with Crippen molar-refractivity contribution in [2.24, 2.45) is 5.73 Å². The topological polar surface area (TPSA) is 57.0 Å². The number of rotatable bonds is 2. The van der Waals surface area contributed by atoms with E-state index in [1.807, 2.05) is 0 Å². The molecule has 3 rings (SSSR count). The number of hydrogen-bond acceptors (Lipinski definition) is 5. The maximum Gasteiger partial charge on any atom is 0.0831 e. The molecule has 0 aromatic heterocycles. The van der Waals surface area contributed by atoms with Crippen molar-refractivity contribution in [3.05, 3.63) is 0 Å². The molecule has 0 aliphatic carbocycles. The quantitative estimate of drug-likeness (QED) is 0.829. The van der Waals surface area contributed by atoms with Crippen LogP contribution in [0, 0.1) is 0 Å². The van der Waals surface area contributed by atoms with Crippen LogP contribution in [0.1, 0.15) is 39.5 Å². The van der Waals surface area contributed by atoms with Gasteiger partial charge >= 0.3 is 0 Å². The lowest BCUT2D eigenvalue weighted by Gasteiger charge is -2.50. The van der Waals surface area contributed by atoms with Gasteiger partial charge in [-0.2, -0.15) is 0 Å². The molecule has 0 amide bonds. The minimum atomic E-state index is -0.108. The molecule has 0 radical (unpaired) electrons. The van der Waals surface area contributed by atoms with Gasteiger partial charge in [-0.15, -0.1) is 0 Å². The molecule has 1 spiro atoms. The minimum absolute atomic E-state index is 0.0574. The summed E-state index contributed by atoms with van der Waals surface area (Å²) in [5.74, 6) is 0. The molecule has 3 saturated heterocycles. The van der Waals surface area contributed by atoms with Crippen LogP contribution in [0.15, 0.2) is 0 Å². The number of ether oxygens (including phenoxy) is 3. The molecular weight excluding hydrogens is 268 g/mol. The van der Waals surface area contributed by atoms with Gasteiger partial charge in [0.25, 0.3) is 0 Å². The molecule has 122 valence electrons. The summed E-state index contributed by atoms with van der Waals surface area (Å²) in [5.41, 5.74) is 5.81. The van der Waals surface area contributed by atoms with E-state index in [0.717, 1.165) is 58.6 Å². The molecule has 2 N–H and O–H groups in total. The standard InChI is InChI=1S/C16H30N2O3/c1-15(2)12-18(11-14(10-17)21-15)13-3-6-20-16(9-13)4-7-19-8-5-16/h13-14H,3-12,17H2,1-2H3. The zero-order chi connectivity index (χ0) is 14.9. The summed E-state index contributed by atoms with van der Waals surface area (Å²) in [6.45, 7) is 9.44. The third-order valence-corrected chi connectivity index (χ3v) is 5.16. The van der Waals surface area contributed by atoms with E-state index in [2.05, 4.69) is 18.7 Å². The molecule has 3 aliphatic heterocycles. The molecule has 2 unspecified atom stereocenters. The first-order valence-electron chi connectivity index (χ1n) is 8.36. The van der Waals surface area contributed by atoms with Gasteiger partial charge in [-0.3, -0.25) is 4.90 Å². The first-order chi connectivity index (χ1) is 10.0. The van der Waals surface area contributed by atoms with Gasteiger partial charge in [0, 0.05) is 45.5 Å². The summed E-state index contributed by atoms with van der Waals surface area (Å²) in [4.78, 5) is 2.60. The molecule has 0 bridgehead atoms. The van der Waals surface area contributed by atoms with Crippen LogP contribution in [-0.4, -0.2) is 67.7 Å². The van der Waals surface area contributed by atoms with Crippen molar-refractivity contribution < 1.29 is 14.2 Å². The zero-order valence-corrected chi connectivity index (χ0v) is 13.5. The molecule has 0 aromatic rings. The highest BCUT2D eigenvalue weighted by atomic mass is 16.5. The molecule has 3 aliphatic rings. The number of nitrogens with zero attached hydrogens (tertiary/aromatic N) is 1. The fourth-order valence-electron chi connectivity index (χ4n) is 4.15. The first kappa shape index (κ1) is 15.7. The van der Waals surface area contributed by atoms with E-state index in [4.69, 9.17) is 19.9 Å². The maximum atomic E-state index is 6.17. The Kier molecular flexibility index (Phi) is 4.58. The molecule has 0 saturated carbocycles. The van der Waals surface area contributed by atoms with Gasteiger partial charge in [-0.25, -0.2) is 0 Å². The molecule has 2 atom stereocenters. The van der Waals surface area contributed by atoms with Gasteiger partial charge in [0.05, 0.1) is 17.3 Å². The summed E-state index contributed by atoms with van der Waals surface area (Å²) in [6, 6.07) is 0.592. The van der Waals surface area contributed by atoms with Crippen molar-refractivity contribution in [1.82, 2.24) is 4.90 Å². The lowest BCUT2D eigenvalue weighted by atomic mass is 9.83. The fraction of sp³-hybridized carbons (Fsp3) is 1.00. The van der Waals surface area contributed by atoms with Gasteiger partial charge in [0.2, 0.25) is 0 Å². The monoisotopic (exact) mass is 298 g/mol. The minimum Gasteiger partial charge on any atom is -0.381 e. The highest BCUT2D eigenvalue weighted by Crippen LogP contribution is 2.37. The second kappa shape index (κ2) is 6.13. The van der Waals surface area contributed by atoms with Gasteiger partial charge in [0.1, 0.15) is 0 Å². The van der Waals surface area contributed by atoms with Crippen LogP contribution in [0.5, 0.6) is 0 Å². The molecule has 5 nitrogen and oxygen atoms in total. The maximum absolute atomic E-state index is 6.17. The summed E-state index contributed by atoms with van der Waals surface area (Å²) in [6.07, 6.45) is 4.48. The van der Waals surface area contributed by atoms with Crippen molar-refractivity contribution in [2.75, 3.05) is 39.5 Å². The molecule has 5 heteroatoms. The normalized spacial score (nSPS) is 36.7. The second-order valence-electron chi connectivity index (χ2n) is 7.46. The van der Waals surface area contributed by atoms with Crippen molar-refractivity contribution in [3.63, 3.8) is 0 Å². The lowest BCUT2D eigenvalue weighted by molar-refractivity contribution is -0.180. The summed E-state index contributed by atoms with van der Waals surface area (Å²) in [7, 11) is 0. The zero-order valence-electron chi connectivity index (χ0n) is 13.5. The average Bonchev–Trinajstić information content (AvgIpc) is 2.46. The number of hydrogen-bond donors (Lipinski definition) is 1. The van der Waals surface area contributed by atoms with Crippen LogP contribution in [0.2, 0.25) is 0 Å². The Hall–Kier alpha value is -0.200. The highest BCUT2D eigenvalue weighted by molar-refractivity contribution is 4.95. The number of nitrogens with two attached hydrogens (primary N) is 1. The SMILES string of the molecule is CC1(C)CN(C2CCOC3(CCOCC3)C2)CC(CN)O1. The third kappa shape index (κ3) is 3.59. The number of morpholine rings is 1. The highest BCUT2D eigenvalue weighted by Gasteiger charge is 2.43. The Morgan fingerprint density at radius 1 is 1.19 bits per heavy atom. The Labute approximate surface area is 128 Å².